The van der Waals surface area contributed by atoms with Crippen LogP contribution in [-0.4, -0.2) is 24.5 Å². The Morgan fingerprint density at radius 3 is 2.64 bits per heavy atom. The first kappa shape index (κ1) is 7.60. The average molecular weight is 153 g/mol. The van der Waals surface area contributed by atoms with E-state index in [0.29, 0.717) is 5.41 Å². The molecule has 0 amide bonds. The zero-order valence-corrected chi connectivity index (χ0v) is 7.93. The minimum Gasteiger partial charge on any atom is -0.303 e. The Kier molecular flexibility index (Phi) is 1.54. The smallest absolute Gasteiger partial charge is 0.0100 e. The van der Waals surface area contributed by atoms with Crippen LogP contribution in [0.3, 0.4) is 0 Å². The topological polar surface area (TPSA) is 3.24 Å². The molecule has 1 saturated carbocycles. The lowest BCUT2D eigenvalue weighted by Gasteiger charge is -2.34. The second-order valence-electron chi connectivity index (χ2n) is 5.27. The number of rotatable bonds is 0. The maximum Gasteiger partial charge on any atom is 0.0100 e. The van der Waals surface area contributed by atoms with Gasteiger partial charge in [0.2, 0.25) is 0 Å². The van der Waals surface area contributed by atoms with Crippen molar-refractivity contribution in [3.63, 3.8) is 0 Å². The van der Waals surface area contributed by atoms with Crippen LogP contribution in [0.15, 0.2) is 0 Å². The normalized spacial score (nSPS) is 42.8. The van der Waals surface area contributed by atoms with E-state index in [2.05, 4.69) is 25.8 Å². The van der Waals surface area contributed by atoms with Crippen LogP contribution in [0.4, 0.5) is 0 Å². The van der Waals surface area contributed by atoms with E-state index in [1.165, 1.54) is 25.8 Å². The van der Waals surface area contributed by atoms with E-state index in [9.17, 15) is 0 Å². The number of fused-ring (bicyclic) bond motifs is 2. The monoisotopic (exact) mass is 153 g/mol. The van der Waals surface area contributed by atoms with Gasteiger partial charge >= 0.3 is 0 Å². The molecule has 0 N–H and O–H groups in total. The minimum absolute atomic E-state index is 0.623. The maximum absolute atomic E-state index is 2.55. The molecule has 2 rings (SSSR count). The van der Waals surface area contributed by atoms with Gasteiger partial charge in [-0.2, -0.15) is 0 Å². The van der Waals surface area contributed by atoms with Crippen molar-refractivity contribution >= 4 is 0 Å². The third-order valence-electron chi connectivity index (χ3n) is 3.40. The van der Waals surface area contributed by atoms with Crippen molar-refractivity contribution in [1.82, 2.24) is 4.90 Å². The van der Waals surface area contributed by atoms with E-state index in [1.54, 1.807) is 0 Å². The van der Waals surface area contributed by atoms with Crippen molar-refractivity contribution in [3.8, 4) is 0 Å². The Morgan fingerprint density at radius 2 is 2.00 bits per heavy atom. The summed E-state index contributed by atoms with van der Waals surface area (Å²) < 4.78 is 0. The lowest BCUT2D eigenvalue weighted by Crippen LogP contribution is -2.30. The fourth-order valence-corrected chi connectivity index (χ4v) is 3.09. The van der Waals surface area contributed by atoms with Crippen molar-refractivity contribution in [1.29, 1.82) is 0 Å². The molecule has 1 nitrogen and oxygen atoms in total. The lowest BCUT2D eigenvalue weighted by molar-refractivity contribution is 0.177. The van der Waals surface area contributed by atoms with Crippen LogP contribution in [0.1, 0.15) is 33.1 Å². The van der Waals surface area contributed by atoms with E-state index in [1.807, 2.05) is 0 Å². The molecule has 0 radical (unpaired) electrons. The van der Waals surface area contributed by atoms with Gasteiger partial charge in [-0.05, 0) is 37.6 Å². The molecule has 2 aliphatic rings. The van der Waals surface area contributed by atoms with E-state index in [0.717, 1.165) is 12.0 Å². The molecule has 1 heteroatoms. The van der Waals surface area contributed by atoms with Gasteiger partial charge in [-0.3, -0.25) is 0 Å². The molecule has 1 aliphatic carbocycles. The van der Waals surface area contributed by atoms with Gasteiger partial charge < -0.3 is 4.90 Å². The fraction of sp³-hybridized carbons (Fsp3) is 1.00. The van der Waals surface area contributed by atoms with Crippen LogP contribution in [-0.2, 0) is 0 Å². The van der Waals surface area contributed by atoms with Crippen molar-refractivity contribution in [2.45, 2.75) is 39.2 Å². The Hall–Kier alpha value is -0.0400. The molecule has 11 heavy (non-hydrogen) atoms. The summed E-state index contributed by atoms with van der Waals surface area (Å²) in [6.45, 7) is 6.20. The summed E-state index contributed by atoms with van der Waals surface area (Å²) in [6.07, 6.45) is 4.34. The van der Waals surface area contributed by atoms with Crippen molar-refractivity contribution in [2.75, 3.05) is 13.6 Å². The zero-order chi connectivity index (χ0) is 8.06. The molecule has 64 valence electrons. The highest BCUT2D eigenvalue weighted by molar-refractivity contribution is 4.94. The molecule has 0 aromatic rings. The number of nitrogens with zero attached hydrogens (tertiary/aromatic N) is 1. The van der Waals surface area contributed by atoms with Gasteiger partial charge in [0, 0.05) is 12.6 Å². The highest BCUT2D eigenvalue weighted by Gasteiger charge is 2.40. The highest BCUT2D eigenvalue weighted by atomic mass is 15.2. The molecule has 1 heterocycles. The SMILES string of the molecule is CN1CC2CC1CC(C)(C)C2. The van der Waals surface area contributed by atoms with E-state index < -0.39 is 0 Å². The number of hydrogen-bond acceptors (Lipinski definition) is 1. The first-order chi connectivity index (χ1) is 5.07. The Balaban J connectivity index is 2.12. The van der Waals surface area contributed by atoms with Gasteiger partial charge in [0.05, 0.1) is 0 Å². The minimum atomic E-state index is 0.623. The van der Waals surface area contributed by atoms with E-state index >= 15 is 0 Å². The molecule has 0 spiro atoms. The Morgan fingerprint density at radius 1 is 1.27 bits per heavy atom. The predicted octanol–water partition coefficient (Wildman–Crippen LogP) is 2.13. The zero-order valence-electron chi connectivity index (χ0n) is 7.93. The summed E-state index contributed by atoms with van der Waals surface area (Å²) in [5.74, 6) is 1.01. The van der Waals surface area contributed by atoms with Gasteiger partial charge in [0.1, 0.15) is 0 Å². The first-order valence-corrected chi connectivity index (χ1v) is 4.77. The fourth-order valence-electron chi connectivity index (χ4n) is 3.09. The maximum atomic E-state index is 2.55. The lowest BCUT2D eigenvalue weighted by atomic mass is 9.72. The van der Waals surface area contributed by atoms with Crippen LogP contribution >= 0.6 is 0 Å². The van der Waals surface area contributed by atoms with Gasteiger partial charge in [-0.15, -0.1) is 0 Å². The van der Waals surface area contributed by atoms with E-state index in [4.69, 9.17) is 0 Å². The second kappa shape index (κ2) is 2.22. The largest absolute Gasteiger partial charge is 0.303 e. The summed E-state index contributed by atoms with van der Waals surface area (Å²) in [6, 6.07) is 0.906. The molecule has 2 fully saturated rings. The van der Waals surface area contributed by atoms with Gasteiger partial charge in [0.25, 0.3) is 0 Å². The second-order valence-corrected chi connectivity index (χ2v) is 5.27. The summed E-state index contributed by atoms with van der Waals surface area (Å²) >= 11 is 0. The molecule has 1 aliphatic heterocycles. The molecule has 2 bridgehead atoms. The number of hydrogen-bond donors (Lipinski definition) is 0. The molecule has 2 unspecified atom stereocenters. The summed E-state index contributed by atoms with van der Waals surface area (Å²) in [7, 11) is 2.28. The van der Waals surface area contributed by atoms with Gasteiger partial charge in [0.15, 0.2) is 0 Å². The van der Waals surface area contributed by atoms with Crippen LogP contribution in [0.25, 0.3) is 0 Å². The van der Waals surface area contributed by atoms with Gasteiger partial charge in [-0.25, -0.2) is 0 Å². The van der Waals surface area contributed by atoms with Crippen molar-refractivity contribution < 1.29 is 0 Å². The third kappa shape index (κ3) is 1.31. The Bertz CT molecular complexity index is 160. The molecule has 2 atom stereocenters. The van der Waals surface area contributed by atoms with Crippen molar-refractivity contribution in [3.05, 3.63) is 0 Å². The van der Waals surface area contributed by atoms with Crippen molar-refractivity contribution in [2.24, 2.45) is 11.3 Å². The molecular formula is C10H19N. The Labute approximate surface area is 69.8 Å². The van der Waals surface area contributed by atoms with Crippen LogP contribution < -0.4 is 0 Å². The summed E-state index contributed by atoms with van der Waals surface area (Å²) in [4.78, 5) is 2.55. The predicted molar refractivity (Wildman–Crippen MR) is 47.5 cm³/mol. The standard InChI is InChI=1S/C10H19N/c1-10(2)5-8-4-9(6-10)11(3)7-8/h8-9H,4-7H2,1-3H3. The molecular weight excluding hydrogens is 134 g/mol. The first-order valence-electron chi connectivity index (χ1n) is 4.77. The molecule has 0 aromatic carbocycles. The quantitative estimate of drug-likeness (QED) is 0.515. The van der Waals surface area contributed by atoms with Crippen LogP contribution in [0.2, 0.25) is 0 Å². The molecule has 1 saturated heterocycles. The summed E-state index contributed by atoms with van der Waals surface area (Å²) in [5, 5.41) is 0. The van der Waals surface area contributed by atoms with Crippen LogP contribution in [0, 0.1) is 11.3 Å². The molecule has 0 aromatic heterocycles. The highest BCUT2D eigenvalue weighted by Crippen LogP contribution is 2.44. The van der Waals surface area contributed by atoms with E-state index in [-0.39, 0.29) is 0 Å². The average Bonchev–Trinajstić information content (AvgIpc) is 2.05. The van der Waals surface area contributed by atoms with Crippen LogP contribution in [0.5, 0.6) is 0 Å². The third-order valence-corrected chi connectivity index (χ3v) is 3.40. The summed E-state index contributed by atoms with van der Waals surface area (Å²) in [5.41, 5.74) is 0.623. The van der Waals surface area contributed by atoms with Gasteiger partial charge in [-0.1, -0.05) is 13.8 Å². The number of likely N-dealkylation sites (tertiary alicyclic amines) is 1.